The Kier molecular flexibility index (Phi) is 6.09. The molecule has 0 fully saturated rings. The van der Waals surface area contributed by atoms with E-state index in [1.54, 1.807) is 32.9 Å². The van der Waals surface area contributed by atoms with Gasteiger partial charge in [0.15, 0.2) is 12.4 Å². The molecular formula is C22H18Cl2N4O5. The summed E-state index contributed by atoms with van der Waals surface area (Å²) >= 11 is 12.1. The largest absolute Gasteiger partial charge is 0.466 e. The molecule has 4 rings (SSSR count). The molecule has 0 saturated heterocycles. The smallest absolute Gasteiger partial charge is 0.339 e. The summed E-state index contributed by atoms with van der Waals surface area (Å²) in [5.74, 6) is 0.0945. The van der Waals surface area contributed by atoms with E-state index in [1.807, 2.05) is 6.92 Å². The zero-order valence-electron chi connectivity index (χ0n) is 18.1. The summed E-state index contributed by atoms with van der Waals surface area (Å²) in [6, 6.07) is 3.37. The van der Waals surface area contributed by atoms with Gasteiger partial charge >= 0.3 is 5.97 Å². The van der Waals surface area contributed by atoms with E-state index in [2.05, 4.69) is 20.4 Å². The van der Waals surface area contributed by atoms with Crippen LogP contribution in [0.25, 0.3) is 22.4 Å². The number of aromatic nitrogens is 3. The first-order chi connectivity index (χ1) is 15.7. The fourth-order valence-corrected chi connectivity index (χ4v) is 3.69. The van der Waals surface area contributed by atoms with Crippen LogP contribution in [0.3, 0.4) is 0 Å². The van der Waals surface area contributed by atoms with E-state index in [9.17, 15) is 9.59 Å². The van der Waals surface area contributed by atoms with Crippen molar-refractivity contribution < 1.29 is 23.3 Å². The molecule has 0 bridgehead atoms. The molecule has 0 unspecified atom stereocenters. The topological polar surface area (TPSA) is 120 Å². The Morgan fingerprint density at radius 2 is 1.91 bits per heavy atom. The van der Waals surface area contributed by atoms with Crippen molar-refractivity contribution in [3.8, 4) is 11.3 Å². The minimum absolute atomic E-state index is 0.119. The van der Waals surface area contributed by atoms with Gasteiger partial charge in [0, 0.05) is 11.8 Å². The first-order valence-electron chi connectivity index (χ1n) is 9.77. The fraction of sp³-hybridized carbons (Fsp3) is 0.227. The molecule has 170 valence electrons. The predicted molar refractivity (Wildman–Crippen MR) is 122 cm³/mol. The van der Waals surface area contributed by atoms with Crippen molar-refractivity contribution in [2.24, 2.45) is 0 Å². The first kappa shape index (κ1) is 22.8. The van der Waals surface area contributed by atoms with Gasteiger partial charge in [-0.05, 0) is 45.4 Å². The van der Waals surface area contributed by atoms with Crippen LogP contribution in [0, 0.1) is 27.7 Å². The average Bonchev–Trinajstić information content (AvgIpc) is 3.32. The van der Waals surface area contributed by atoms with Crippen molar-refractivity contribution in [2.45, 2.75) is 27.7 Å². The van der Waals surface area contributed by atoms with E-state index >= 15 is 0 Å². The van der Waals surface area contributed by atoms with Crippen LogP contribution < -0.4 is 5.32 Å². The Morgan fingerprint density at radius 3 is 2.61 bits per heavy atom. The lowest BCUT2D eigenvalue weighted by Gasteiger charge is -2.10. The second kappa shape index (κ2) is 8.84. The normalized spacial score (nSPS) is 11.1. The fourth-order valence-electron chi connectivity index (χ4n) is 3.30. The third kappa shape index (κ3) is 4.42. The average molecular weight is 489 g/mol. The third-order valence-electron chi connectivity index (χ3n) is 4.95. The molecule has 11 heteroatoms. The molecule has 0 radical (unpaired) electrons. The monoisotopic (exact) mass is 488 g/mol. The third-order valence-corrected chi connectivity index (χ3v) is 5.79. The van der Waals surface area contributed by atoms with Gasteiger partial charge in [-0.3, -0.25) is 4.79 Å². The number of fused-ring (bicyclic) bond motifs is 1. The Balaban J connectivity index is 1.58. The number of carbonyl (C=O) groups excluding carboxylic acids is 2. The maximum absolute atomic E-state index is 12.9. The van der Waals surface area contributed by atoms with Gasteiger partial charge in [0.25, 0.3) is 11.6 Å². The predicted octanol–water partition coefficient (Wildman–Crippen LogP) is 5.21. The Morgan fingerprint density at radius 1 is 1.15 bits per heavy atom. The van der Waals surface area contributed by atoms with E-state index in [0.717, 1.165) is 0 Å². The lowest BCUT2D eigenvalue weighted by molar-refractivity contribution is -0.119. The first-order valence-corrected chi connectivity index (χ1v) is 10.5. The van der Waals surface area contributed by atoms with Crippen molar-refractivity contribution in [1.82, 2.24) is 15.1 Å². The Hall–Kier alpha value is -3.43. The number of amides is 1. The number of anilines is 1. The van der Waals surface area contributed by atoms with Crippen LogP contribution >= 0.6 is 23.2 Å². The summed E-state index contributed by atoms with van der Waals surface area (Å²) in [5.41, 5.74) is 2.53. The standard InChI is InChI=1S/C22H18Cl2N4O5/c1-9-5-13(12(4)32-9)16-6-14(18-11(3)28-33-21(18)26-16)22(30)31-8-17(29)27-20-19(24)10(2)15(23)7-25-20/h5-7H,8H2,1-4H3,(H,25,27,29). The van der Waals surface area contributed by atoms with Crippen molar-refractivity contribution >= 4 is 52.0 Å². The van der Waals surface area contributed by atoms with Crippen molar-refractivity contribution in [2.75, 3.05) is 11.9 Å². The van der Waals surface area contributed by atoms with E-state index in [-0.39, 0.29) is 22.1 Å². The molecule has 0 aliphatic rings. The van der Waals surface area contributed by atoms with E-state index in [1.165, 1.54) is 6.20 Å². The highest BCUT2D eigenvalue weighted by Gasteiger charge is 2.23. The Bertz CT molecular complexity index is 1410. The van der Waals surface area contributed by atoms with E-state index in [4.69, 9.17) is 36.9 Å². The number of nitrogens with zero attached hydrogens (tertiary/aromatic N) is 3. The minimum Gasteiger partial charge on any atom is -0.466 e. The summed E-state index contributed by atoms with van der Waals surface area (Å²) in [5, 5.41) is 7.37. The molecule has 4 aromatic heterocycles. The number of halogens is 2. The highest BCUT2D eigenvalue weighted by molar-refractivity contribution is 6.37. The van der Waals surface area contributed by atoms with Crippen molar-refractivity contribution in [3.05, 3.63) is 56.7 Å². The lowest BCUT2D eigenvalue weighted by Crippen LogP contribution is -2.22. The lowest BCUT2D eigenvalue weighted by atomic mass is 10.1. The number of rotatable bonds is 5. The van der Waals surface area contributed by atoms with Crippen LogP contribution in [0.15, 0.2) is 27.3 Å². The number of esters is 1. The zero-order chi connectivity index (χ0) is 23.9. The second-order valence-corrected chi connectivity index (χ2v) is 8.13. The number of ether oxygens (including phenoxy) is 1. The van der Waals surface area contributed by atoms with Gasteiger partial charge in [0.05, 0.1) is 32.4 Å². The van der Waals surface area contributed by atoms with Gasteiger partial charge in [-0.15, -0.1) is 0 Å². The minimum atomic E-state index is -0.741. The summed E-state index contributed by atoms with van der Waals surface area (Å²) in [4.78, 5) is 33.7. The van der Waals surface area contributed by atoms with Crippen LogP contribution in [0.5, 0.6) is 0 Å². The molecular weight excluding hydrogens is 471 g/mol. The van der Waals surface area contributed by atoms with Crippen molar-refractivity contribution in [3.63, 3.8) is 0 Å². The maximum atomic E-state index is 12.9. The number of nitrogens with one attached hydrogen (secondary N) is 1. The molecule has 0 aromatic carbocycles. The molecule has 0 atom stereocenters. The highest BCUT2D eigenvalue weighted by Crippen LogP contribution is 2.31. The molecule has 9 nitrogen and oxygen atoms in total. The molecule has 1 N–H and O–H groups in total. The van der Waals surface area contributed by atoms with Crippen LogP contribution in [0.2, 0.25) is 10.0 Å². The quantitative estimate of drug-likeness (QED) is 0.379. The van der Waals surface area contributed by atoms with E-state index in [0.29, 0.717) is 44.4 Å². The van der Waals surface area contributed by atoms with Gasteiger partial charge in [0.1, 0.15) is 11.5 Å². The van der Waals surface area contributed by atoms with Crippen molar-refractivity contribution in [1.29, 1.82) is 0 Å². The van der Waals surface area contributed by atoms with Crippen LogP contribution in [0.1, 0.15) is 33.1 Å². The summed E-state index contributed by atoms with van der Waals surface area (Å²) in [7, 11) is 0. The Labute approximate surface area is 198 Å². The SMILES string of the molecule is Cc1cc(-c2cc(C(=O)OCC(=O)Nc3ncc(Cl)c(C)c3Cl)c3c(C)noc3n2)c(C)o1. The highest BCUT2D eigenvalue weighted by atomic mass is 35.5. The second-order valence-electron chi connectivity index (χ2n) is 7.35. The number of hydrogen-bond acceptors (Lipinski definition) is 8. The summed E-state index contributed by atoms with van der Waals surface area (Å²) in [6.07, 6.45) is 1.37. The number of furan rings is 1. The van der Waals surface area contributed by atoms with Crippen LogP contribution in [-0.4, -0.2) is 33.6 Å². The number of carbonyl (C=O) groups is 2. The molecule has 0 aliphatic carbocycles. The molecule has 1 amide bonds. The molecule has 4 heterocycles. The van der Waals surface area contributed by atoms with E-state index < -0.39 is 18.5 Å². The maximum Gasteiger partial charge on any atom is 0.339 e. The summed E-state index contributed by atoms with van der Waals surface area (Å²) in [6.45, 7) is 6.41. The molecule has 0 aliphatic heterocycles. The molecule has 0 saturated carbocycles. The summed E-state index contributed by atoms with van der Waals surface area (Å²) < 4.78 is 16.1. The molecule has 0 spiro atoms. The van der Waals surface area contributed by atoms with Crippen LogP contribution in [0.4, 0.5) is 5.82 Å². The number of pyridine rings is 2. The molecule has 33 heavy (non-hydrogen) atoms. The van der Waals surface area contributed by atoms with Gasteiger partial charge in [-0.2, -0.15) is 0 Å². The number of aryl methyl sites for hydroxylation is 3. The molecule has 4 aromatic rings. The number of hydrogen-bond donors (Lipinski definition) is 1. The van der Waals surface area contributed by atoms with Gasteiger partial charge in [0.2, 0.25) is 0 Å². The van der Waals surface area contributed by atoms with Gasteiger partial charge < -0.3 is 19.0 Å². The van der Waals surface area contributed by atoms with Gasteiger partial charge in [-0.25, -0.2) is 14.8 Å². The van der Waals surface area contributed by atoms with Gasteiger partial charge in [-0.1, -0.05) is 28.4 Å². The van der Waals surface area contributed by atoms with Crippen LogP contribution in [-0.2, 0) is 9.53 Å². The zero-order valence-corrected chi connectivity index (χ0v) is 19.6.